The number of carboxylic acid groups (broad SMARTS) is 1. The van der Waals surface area contributed by atoms with Crippen LogP contribution in [0.5, 0.6) is 0 Å². The second kappa shape index (κ2) is 7.69. The molecule has 0 aliphatic heterocycles. The fraction of sp³-hybridized carbons (Fsp3) is 0.667. The molecular weight excluding hydrogens is 284 g/mol. The van der Waals surface area contributed by atoms with E-state index in [4.69, 9.17) is 5.11 Å². The van der Waals surface area contributed by atoms with Gasteiger partial charge in [-0.05, 0) is 12.8 Å². The van der Waals surface area contributed by atoms with Gasteiger partial charge in [0.2, 0.25) is 0 Å². The molecule has 2 atom stereocenters. The molecule has 1 aromatic heterocycles. The molecule has 0 bridgehead atoms. The summed E-state index contributed by atoms with van der Waals surface area (Å²) in [7, 11) is -0.833. The minimum absolute atomic E-state index is 0.00935. The maximum absolute atomic E-state index is 11.4. The summed E-state index contributed by atoms with van der Waals surface area (Å²) >= 11 is 1.23. The first-order valence-electron chi connectivity index (χ1n) is 6.16. The molecule has 0 spiro atoms. The highest BCUT2D eigenvalue weighted by Crippen LogP contribution is 2.20. The van der Waals surface area contributed by atoms with E-state index in [0.29, 0.717) is 0 Å². The average Bonchev–Trinajstić information content (AvgIpc) is 2.75. The zero-order chi connectivity index (χ0) is 14.4. The van der Waals surface area contributed by atoms with Crippen molar-refractivity contribution in [2.75, 3.05) is 12.0 Å². The van der Waals surface area contributed by atoms with E-state index in [2.05, 4.69) is 4.98 Å². The predicted molar refractivity (Wildman–Crippen MR) is 78.1 cm³/mol. The smallest absolute Gasteiger partial charge is 0.313 e. The number of imidazole rings is 1. The molecule has 0 radical (unpaired) electrons. The van der Waals surface area contributed by atoms with Crippen LogP contribution in [-0.2, 0) is 28.6 Å². The first-order chi connectivity index (χ1) is 8.95. The van der Waals surface area contributed by atoms with Crippen molar-refractivity contribution in [3.8, 4) is 0 Å². The minimum atomic E-state index is -0.847. The fourth-order valence-corrected chi connectivity index (χ4v) is 2.81. The lowest BCUT2D eigenvalue weighted by molar-refractivity contribution is -0.133. The lowest BCUT2D eigenvalue weighted by Gasteiger charge is -2.13. The summed E-state index contributed by atoms with van der Waals surface area (Å²) in [5, 5.41) is 9.58. The summed E-state index contributed by atoms with van der Waals surface area (Å²) in [6.07, 6.45) is 5.15. The van der Waals surface area contributed by atoms with Crippen LogP contribution in [0.3, 0.4) is 0 Å². The number of hydrogen-bond acceptors (Lipinski definition) is 4. The molecule has 0 aliphatic rings. The van der Waals surface area contributed by atoms with Gasteiger partial charge in [-0.1, -0.05) is 25.6 Å². The summed E-state index contributed by atoms with van der Waals surface area (Å²) in [4.78, 5) is 14.9. The van der Waals surface area contributed by atoms with Crippen LogP contribution >= 0.6 is 11.8 Å². The van der Waals surface area contributed by atoms with Crippen LogP contribution in [0.1, 0.15) is 26.0 Å². The van der Waals surface area contributed by atoms with Crippen molar-refractivity contribution in [1.82, 2.24) is 9.55 Å². The van der Waals surface area contributed by atoms with E-state index in [1.807, 2.05) is 18.4 Å². The number of carbonyl (C=O) groups is 1. The van der Waals surface area contributed by atoms with Crippen molar-refractivity contribution >= 4 is 28.5 Å². The predicted octanol–water partition coefficient (Wildman–Crippen LogP) is 1.78. The second-order valence-corrected chi connectivity index (χ2v) is 7.06. The maximum atomic E-state index is 11.4. The van der Waals surface area contributed by atoms with E-state index in [0.717, 1.165) is 30.2 Å². The zero-order valence-electron chi connectivity index (χ0n) is 11.5. The van der Waals surface area contributed by atoms with Crippen molar-refractivity contribution in [2.24, 2.45) is 0 Å². The van der Waals surface area contributed by atoms with Gasteiger partial charge in [-0.15, -0.1) is 0 Å². The molecule has 108 valence electrons. The highest BCUT2D eigenvalue weighted by Gasteiger charge is 2.13. The van der Waals surface area contributed by atoms with Gasteiger partial charge in [-0.2, -0.15) is 0 Å². The molecule has 19 heavy (non-hydrogen) atoms. The van der Waals surface area contributed by atoms with Gasteiger partial charge < -0.3 is 9.67 Å². The third-order valence-electron chi connectivity index (χ3n) is 2.91. The van der Waals surface area contributed by atoms with E-state index in [-0.39, 0.29) is 11.0 Å². The molecule has 0 aliphatic carbocycles. The Kier molecular flexibility index (Phi) is 6.57. The van der Waals surface area contributed by atoms with Gasteiger partial charge in [0.25, 0.3) is 0 Å². The molecule has 1 aromatic rings. The Hall–Kier alpha value is -0.820. The number of aromatic nitrogens is 2. The minimum Gasteiger partial charge on any atom is -0.481 e. The molecule has 1 heterocycles. The maximum Gasteiger partial charge on any atom is 0.313 e. The highest BCUT2D eigenvalue weighted by molar-refractivity contribution is 7.99. The van der Waals surface area contributed by atoms with E-state index in [9.17, 15) is 9.00 Å². The Morgan fingerprint density at radius 3 is 2.84 bits per heavy atom. The molecule has 5 nitrogen and oxygen atoms in total. The molecule has 0 saturated heterocycles. The van der Waals surface area contributed by atoms with Crippen LogP contribution in [0.15, 0.2) is 11.4 Å². The number of aliphatic carboxylic acids is 1. The molecule has 0 saturated carbocycles. The molecule has 2 unspecified atom stereocenters. The van der Waals surface area contributed by atoms with Crippen molar-refractivity contribution in [3.63, 3.8) is 0 Å². The first-order valence-corrected chi connectivity index (χ1v) is 8.77. The summed E-state index contributed by atoms with van der Waals surface area (Å²) < 4.78 is 13.4. The molecule has 1 rings (SSSR count). The largest absolute Gasteiger partial charge is 0.481 e. The lowest BCUT2D eigenvalue weighted by Crippen LogP contribution is -2.14. The fourth-order valence-electron chi connectivity index (χ4n) is 1.63. The van der Waals surface area contributed by atoms with Gasteiger partial charge >= 0.3 is 5.97 Å². The number of rotatable bonds is 8. The van der Waals surface area contributed by atoms with Gasteiger partial charge in [0.1, 0.15) is 0 Å². The van der Waals surface area contributed by atoms with Crippen LogP contribution in [0.4, 0.5) is 0 Å². The number of nitrogens with zero attached hydrogens (tertiary/aromatic N) is 2. The van der Waals surface area contributed by atoms with Crippen LogP contribution in [0, 0.1) is 0 Å². The lowest BCUT2D eigenvalue weighted by atomic mass is 10.3. The molecule has 1 N–H and O–H groups in total. The second-order valence-electron chi connectivity index (χ2n) is 4.32. The Morgan fingerprint density at radius 1 is 1.63 bits per heavy atom. The molecule has 0 fully saturated rings. The first kappa shape index (κ1) is 16.2. The molecular formula is C12H20N2O3S2. The Balaban J connectivity index is 2.75. The Bertz CT molecular complexity index is 460. The third-order valence-corrected chi connectivity index (χ3v) is 5.26. The number of hydrogen-bond donors (Lipinski definition) is 1. The Labute approximate surface area is 120 Å². The van der Waals surface area contributed by atoms with Gasteiger partial charge in [-0.3, -0.25) is 9.00 Å². The summed E-state index contributed by atoms with van der Waals surface area (Å²) in [5.74, 6) is -0.837. The van der Waals surface area contributed by atoms with Crippen molar-refractivity contribution in [2.45, 2.75) is 43.6 Å². The standard InChI is InChI=1S/C12H20N2O3S2/c1-4-10-7-13-12(18-8-11(15)16)14(10)6-5-9(2)19(3)17/h7,9H,4-6,8H2,1-3H3,(H,15,16). The van der Waals surface area contributed by atoms with Gasteiger partial charge in [-0.25, -0.2) is 4.98 Å². The summed E-state index contributed by atoms with van der Waals surface area (Å²) in [6.45, 7) is 4.73. The third kappa shape index (κ3) is 4.99. The van der Waals surface area contributed by atoms with Crippen LogP contribution in [-0.4, -0.2) is 42.1 Å². The SMILES string of the molecule is CCc1cnc(SCC(=O)O)n1CCC(C)S(C)=O. The monoisotopic (exact) mass is 304 g/mol. The Morgan fingerprint density at radius 2 is 2.32 bits per heavy atom. The molecule has 0 amide bonds. The van der Waals surface area contributed by atoms with E-state index in [1.54, 1.807) is 12.5 Å². The van der Waals surface area contributed by atoms with Crippen LogP contribution < -0.4 is 0 Å². The van der Waals surface area contributed by atoms with E-state index in [1.165, 1.54) is 11.8 Å². The van der Waals surface area contributed by atoms with E-state index < -0.39 is 16.8 Å². The van der Waals surface area contributed by atoms with Crippen molar-refractivity contribution in [1.29, 1.82) is 0 Å². The van der Waals surface area contributed by atoms with Crippen LogP contribution in [0.2, 0.25) is 0 Å². The summed E-state index contributed by atoms with van der Waals surface area (Å²) in [5.41, 5.74) is 1.09. The average molecular weight is 304 g/mol. The van der Waals surface area contributed by atoms with Crippen molar-refractivity contribution in [3.05, 3.63) is 11.9 Å². The van der Waals surface area contributed by atoms with E-state index >= 15 is 0 Å². The number of thioether (sulfide) groups is 1. The molecule has 7 heteroatoms. The van der Waals surface area contributed by atoms with Gasteiger partial charge in [0, 0.05) is 40.7 Å². The zero-order valence-corrected chi connectivity index (χ0v) is 13.1. The normalized spacial score (nSPS) is 14.3. The van der Waals surface area contributed by atoms with Crippen LogP contribution in [0.25, 0.3) is 0 Å². The van der Waals surface area contributed by atoms with Crippen molar-refractivity contribution < 1.29 is 14.1 Å². The summed E-state index contributed by atoms with van der Waals surface area (Å²) in [6, 6.07) is 0. The van der Waals surface area contributed by atoms with Gasteiger partial charge in [0.15, 0.2) is 5.16 Å². The quantitative estimate of drug-likeness (QED) is 0.741. The topological polar surface area (TPSA) is 72.2 Å². The highest BCUT2D eigenvalue weighted by atomic mass is 32.2. The van der Waals surface area contributed by atoms with Gasteiger partial charge in [0.05, 0.1) is 5.75 Å². The number of aryl methyl sites for hydroxylation is 1. The molecule has 0 aromatic carbocycles. The number of carboxylic acids is 1.